The van der Waals surface area contributed by atoms with Gasteiger partial charge >= 0.3 is 12.1 Å². The monoisotopic (exact) mass is 616 g/mol. The Morgan fingerprint density at radius 3 is 2.70 bits per heavy atom. The van der Waals surface area contributed by atoms with Gasteiger partial charge in [-0.3, -0.25) is 9.59 Å². The standard InChI is InChI=1S/C31H35F3N4O6/c32-31(33,34)26-20(27(40)36-24-13-22-25(39)21-12-18(28(41)42)14-30(21,22)24)15-35-29(37-26)38-7-3-17-11-19(1-2-23(17)38)44-10-6-16-4-8-43-9-5-16/h1-2,11,15-16,18,21-22,24-25,39H,3-10,12-14H2,(H,36,40)(H,41,42). The lowest BCUT2D eigenvalue weighted by Gasteiger charge is -2.68. The van der Waals surface area contributed by atoms with Crippen molar-refractivity contribution in [3.63, 3.8) is 0 Å². The fourth-order valence-corrected chi connectivity index (χ4v) is 8.44. The van der Waals surface area contributed by atoms with E-state index in [1.807, 2.05) is 6.07 Å². The molecule has 2 aliphatic heterocycles. The topological polar surface area (TPSA) is 134 Å². The van der Waals surface area contributed by atoms with Gasteiger partial charge in [0.25, 0.3) is 5.91 Å². The van der Waals surface area contributed by atoms with E-state index >= 15 is 0 Å². The number of amides is 1. The lowest BCUT2D eigenvalue weighted by atomic mass is 9.39. The van der Waals surface area contributed by atoms with E-state index in [-0.39, 0.29) is 24.2 Å². The quantitative estimate of drug-likeness (QED) is 0.403. The minimum absolute atomic E-state index is 0.148. The molecule has 3 saturated carbocycles. The molecule has 2 aromatic rings. The number of rotatable bonds is 8. The number of hydrogen-bond donors (Lipinski definition) is 3. The maximum Gasteiger partial charge on any atom is 0.434 e. The number of aliphatic hydroxyl groups excluding tert-OH is 1. The zero-order valence-electron chi connectivity index (χ0n) is 24.1. The van der Waals surface area contributed by atoms with Crippen LogP contribution in [0.2, 0.25) is 0 Å². The second-order valence-electron chi connectivity index (χ2n) is 12.9. The molecule has 6 unspecified atom stereocenters. The largest absolute Gasteiger partial charge is 0.494 e. The number of aliphatic hydroxyl groups is 1. The van der Waals surface area contributed by atoms with Gasteiger partial charge in [-0.2, -0.15) is 13.2 Å². The summed E-state index contributed by atoms with van der Waals surface area (Å²) in [5.41, 5.74) is -0.993. The van der Waals surface area contributed by atoms with Crippen molar-refractivity contribution in [2.24, 2.45) is 29.1 Å². The summed E-state index contributed by atoms with van der Waals surface area (Å²) >= 11 is 0. The van der Waals surface area contributed by atoms with Crippen LogP contribution in [0.1, 0.15) is 60.1 Å². The first-order chi connectivity index (χ1) is 21.1. The fourth-order valence-electron chi connectivity index (χ4n) is 8.44. The molecular formula is C31H35F3N4O6. The summed E-state index contributed by atoms with van der Waals surface area (Å²) in [4.78, 5) is 34.5. The summed E-state index contributed by atoms with van der Waals surface area (Å²) in [5.74, 6) is -1.86. The Hall–Kier alpha value is -3.45. The molecule has 236 valence electrons. The second kappa shape index (κ2) is 10.9. The van der Waals surface area contributed by atoms with Gasteiger partial charge in [-0.1, -0.05) is 0 Å². The SMILES string of the molecule is O=C(NC1CC2C(O)C3CC(C(=O)O)CC132)c1cnc(N2CCc3cc(OCCC4CCOCC4)ccc32)nc1C(F)(F)F. The number of benzene rings is 1. The lowest BCUT2D eigenvalue weighted by Crippen LogP contribution is -2.75. The van der Waals surface area contributed by atoms with Gasteiger partial charge in [0.05, 0.1) is 24.2 Å². The Labute approximate surface area is 252 Å². The highest BCUT2D eigenvalue weighted by atomic mass is 19.4. The molecule has 1 aromatic carbocycles. The number of alkyl halides is 3. The zero-order valence-corrected chi connectivity index (χ0v) is 24.1. The molecule has 3 N–H and O–H groups in total. The molecule has 1 amide bonds. The average molecular weight is 617 g/mol. The van der Waals surface area contributed by atoms with Gasteiger partial charge in [-0.25, -0.2) is 9.97 Å². The van der Waals surface area contributed by atoms with Gasteiger partial charge in [-0.05, 0) is 86.5 Å². The number of fused-ring (bicyclic) bond motifs is 1. The molecule has 1 spiro atoms. The van der Waals surface area contributed by atoms with Crippen LogP contribution >= 0.6 is 0 Å². The molecule has 1 aromatic heterocycles. The van der Waals surface area contributed by atoms with Crippen LogP contribution in [0.3, 0.4) is 0 Å². The molecule has 1 saturated heterocycles. The number of carboxylic acid groups (broad SMARTS) is 1. The van der Waals surface area contributed by atoms with Gasteiger partial charge in [0.1, 0.15) is 5.75 Å². The smallest absolute Gasteiger partial charge is 0.434 e. The maximum atomic E-state index is 14.3. The van der Waals surface area contributed by atoms with Crippen LogP contribution in [0.5, 0.6) is 5.75 Å². The number of halogens is 3. The van der Waals surface area contributed by atoms with Crippen molar-refractivity contribution >= 4 is 23.5 Å². The Morgan fingerprint density at radius 2 is 1.95 bits per heavy atom. The summed E-state index contributed by atoms with van der Waals surface area (Å²) in [5, 5.41) is 22.7. The van der Waals surface area contributed by atoms with E-state index in [1.165, 1.54) is 0 Å². The number of carboxylic acids is 1. The molecule has 5 aliphatic rings. The van der Waals surface area contributed by atoms with Crippen LogP contribution < -0.4 is 15.0 Å². The summed E-state index contributed by atoms with van der Waals surface area (Å²) in [7, 11) is 0. The van der Waals surface area contributed by atoms with Gasteiger partial charge in [-0.15, -0.1) is 0 Å². The number of carbonyl (C=O) groups excluding carboxylic acids is 1. The van der Waals surface area contributed by atoms with Crippen molar-refractivity contribution < 1.29 is 42.4 Å². The molecular weight excluding hydrogens is 581 g/mol. The Morgan fingerprint density at radius 1 is 1.18 bits per heavy atom. The predicted octanol–water partition coefficient (Wildman–Crippen LogP) is 3.98. The third kappa shape index (κ3) is 4.79. The molecule has 0 bridgehead atoms. The molecule has 3 heterocycles. The molecule has 13 heteroatoms. The average Bonchev–Trinajstić information content (AvgIpc) is 3.61. The first-order valence-corrected chi connectivity index (χ1v) is 15.3. The highest BCUT2D eigenvalue weighted by Crippen LogP contribution is 2.72. The molecule has 0 radical (unpaired) electrons. The Bertz CT molecular complexity index is 1470. The minimum Gasteiger partial charge on any atom is -0.494 e. The van der Waals surface area contributed by atoms with Crippen LogP contribution in [-0.4, -0.2) is 70.6 Å². The van der Waals surface area contributed by atoms with E-state index in [1.54, 1.807) is 17.0 Å². The first kappa shape index (κ1) is 29.3. The van der Waals surface area contributed by atoms with Crippen LogP contribution in [0.15, 0.2) is 24.4 Å². The molecule has 3 aliphatic carbocycles. The van der Waals surface area contributed by atoms with E-state index < -0.39 is 52.8 Å². The van der Waals surface area contributed by atoms with Gasteiger partial charge in [0.2, 0.25) is 5.95 Å². The number of carbonyl (C=O) groups is 2. The van der Waals surface area contributed by atoms with Crippen molar-refractivity contribution in [3.8, 4) is 5.75 Å². The Balaban J connectivity index is 1.05. The van der Waals surface area contributed by atoms with Crippen molar-refractivity contribution in [2.75, 3.05) is 31.3 Å². The van der Waals surface area contributed by atoms with Gasteiger partial charge in [0, 0.05) is 43.1 Å². The van der Waals surface area contributed by atoms with Crippen LogP contribution in [0.25, 0.3) is 0 Å². The summed E-state index contributed by atoms with van der Waals surface area (Å²) in [6, 6.07) is 4.98. The van der Waals surface area contributed by atoms with Crippen LogP contribution in [0.4, 0.5) is 24.8 Å². The number of aliphatic carboxylic acids is 1. The van der Waals surface area contributed by atoms with E-state index in [0.29, 0.717) is 49.8 Å². The highest BCUT2D eigenvalue weighted by molar-refractivity contribution is 5.95. The normalized spacial score (nSPS) is 30.9. The second-order valence-corrected chi connectivity index (χ2v) is 12.9. The van der Waals surface area contributed by atoms with Crippen molar-refractivity contribution in [3.05, 3.63) is 41.2 Å². The minimum atomic E-state index is -4.91. The summed E-state index contributed by atoms with van der Waals surface area (Å²) in [6.45, 7) is 2.53. The number of hydrogen-bond acceptors (Lipinski definition) is 8. The van der Waals surface area contributed by atoms with Gasteiger partial charge < -0.3 is 29.9 Å². The molecule has 7 rings (SSSR count). The number of ether oxygens (including phenoxy) is 2. The molecule has 6 atom stereocenters. The number of nitrogens with one attached hydrogen (secondary N) is 1. The van der Waals surface area contributed by atoms with Crippen molar-refractivity contribution in [2.45, 2.75) is 63.3 Å². The first-order valence-electron chi connectivity index (χ1n) is 15.3. The number of nitrogens with zero attached hydrogens (tertiary/aromatic N) is 3. The molecule has 10 nitrogen and oxygen atoms in total. The fraction of sp³-hybridized carbons (Fsp3) is 0.613. The van der Waals surface area contributed by atoms with E-state index in [9.17, 15) is 33.0 Å². The lowest BCUT2D eigenvalue weighted by molar-refractivity contribution is -0.237. The third-order valence-electron chi connectivity index (χ3n) is 10.7. The Kier molecular flexibility index (Phi) is 7.23. The number of aromatic nitrogens is 2. The van der Waals surface area contributed by atoms with Gasteiger partial charge in [0.15, 0.2) is 5.69 Å². The van der Waals surface area contributed by atoms with E-state index in [0.717, 1.165) is 44.2 Å². The zero-order chi connectivity index (χ0) is 30.8. The molecule has 4 fully saturated rings. The third-order valence-corrected chi connectivity index (χ3v) is 10.7. The van der Waals surface area contributed by atoms with E-state index in [2.05, 4.69) is 15.3 Å². The van der Waals surface area contributed by atoms with Crippen molar-refractivity contribution in [1.29, 1.82) is 0 Å². The van der Waals surface area contributed by atoms with Crippen LogP contribution in [-0.2, 0) is 22.1 Å². The van der Waals surface area contributed by atoms with Crippen LogP contribution in [0, 0.1) is 29.1 Å². The summed E-state index contributed by atoms with van der Waals surface area (Å²) < 4.78 is 54.1. The highest BCUT2D eigenvalue weighted by Gasteiger charge is 2.75. The predicted molar refractivity (Wildman–Crippen MR) is 149 cm³/mol. The summed E-state index contributed by atoms with van der Waals surface area (Å²) in [6.07, 6.45) is -0.0849. The van der Waals surface area contributed by atoms with Crippen molar-refractivity contribution in [1.82, 2.24) is 15.3 Å². The number of anilines is 2. The molecule has 44 heavy (non-hydrogen) atoms. The van der Waals surface area contributed by atoms with E-state index in [4.69, 9.17) is 9.47 Å². The maximum absolute atomic E-state index is 14.3.